The van der Waals surface area contributed by atoms with Crippen molar-refractivity contribution >= 4 is 25.1 Å². The van der Waals surface area contributed by atoms with E-state index in [2.05, 4.69) is 0 Å². The number of non-ortho nitro benzene ring substituents is 1. The largest absolute Gasteiger partial charge is 0.364 e. The maximum atomic E-state index is 12.2. The second kappa shape index (κ2) is 6.56. The first kappa shape index (κ1) is 16.2. The summed E-state index contributed by atoms with van der Waals surface area (Å²) in [7, 11) is -1.39. The Hall–Kier alpha value is -1.82. The summed E-state index contributed by atoms with van der Waals surface area (Å²) in [6, 6.07) is 5.59. The third kappa shape index (κ3) is 3.60. The molecule has 0 fully saturated rings. The van der Waals surface area contributed by atoms with E-state index >= 15 is 0 Å². The lowest BCUT2D eigenvalue weighted by molar-refractivity contribution is -0.384. The third-order valence-corrected chi connectivity index (χ3v) is 4.52. The van der Waals surface area contributed by atoms with Gasteiger partial charge < -0.3 is 9.05 Å². The van der Waals surface area contributed by atoms with Crippen LogP contribution in [0.25, 0.3) is 6.08 Å². The Morgan fingerprint density at radius 3 is 2.40 bits per heavy atom. The molecule has 0 unspecified atom stereocenters. The number of hydrogen-bond donors (Lipinski definition) is 0. The molecule has 8 heteroatoms. The molecule has 1 aromatic rings. The van der Waals surface area contributed by atoms with Crippen LogP contribution < -0.4 is 0 Å². The van der Waals surface area contributed by atoms with Gasteiger partial charge in [0.15, 0.2) is 5.78 Å². The van der Waals surface area contributed by atoms with Gasteiger partial charge in [-0.1, -0.05) is 12.1 Å². The van der Waals surface area contributed by atoms with E-state index in [0.717, 1.165) is 14.2 Å². The molecule has 108 valence electrons. The summed E-state index contributed by atoms with van der Waals surface area (Å²) in [5, 5.41) is 10.5. The van der Waals surface area contributed by atoms with Crippen LogP contribution in [0.5, 0.6) is 0 Å². The smallest absolute Gasteiger partial charge is 0.308 e. The van der Waals surface area contributed by atoms with Crippen molar-refractivity contribution in [1.82, 2.24) is 0 Å². The van der Waals surface area contributed by atoms with E-state index < -0.39 is 18.3 Å². The minimum absolute atomic E-state index is 0.133. The number of carbonyl (C=O) groups excluding carboxylic acids is 1. The molecular formula is C12H14NO6P. The van der Waals surface area contributed by atoms with Gasteiger partial charge in [-0.05, 0) is 18.6 Å². The maximum Gasteiger partial charge on any atom is 0.364 e. The van der Waals surface area contributed by atoms with E-state index in [-0.39, 0.29) is 11.0 Å². The van der Waals surface area contributed by atoms with Crippen LogP contribution in [-0.2, 0) is 18.4 Å². The SMILES string of the molecule is COP(=O)(OC)/C(=C\c1cccc([N+](=O)[O-])c1)C(C)=O. The molecule has 0 amide bonds. The zero-order valence-electron chi connectivity index (χ0n) is 11.2. The molecule has 0 aromatic heterocycles. The van der Waals surface area contributed by atoms with Gasteiger partial charge >= 0.3 is 7.60 Å². The molecule has 1 rings (SSSR count). The molecule has 0 aliphatic rings. The average Bonchev–Trinajstić information content (AvgIpc) is 2.44. The highest BCUT2D eigenvalue weighted by Gasteiger charge is 2.31. The Morgan fingerprint density at radius 1 is 1.35 bits per heavy atom. The molecule has 0 saturated heterocycles. The van der Waals surface area contributed by atoms with Crippen LogP contribution in [0.3, 0.4) is 0 Å². The van der Waals surface area contributed by atoms with Crippen molar-refractivity contribution in [3.8, 4) is 0 Å². The fourth-order valence-corrected chi connectivity index (χ4v) is 2.77. The summed E-state index contributed by atoms with van der Waals surface area (Å²) >= 11 is 0. The number of hydrogen-bond acceptors (Lipinski definition) is 6. The van der Waals surface area contributed by atoms with Crippen LogP contribution in [-0.4, -0.2) is 24.9 Å². The van der Waals surface area contributed by atoms with Gasteiger partial charge in [-0.25, -0.2) is 0 Å². The molecule has 0 aliphatic carbocycles. The first-order valence-electron chi connectivity index (χ1n) is 5.53. The number of nitro groups is 1. The number of ketones is 1. The highest BCUT2D eigenvalue weighted by molar-refractivity contribution is 7.60. The van der Waals surface area contributed by atoms with Gasteiger partial charge in [0.05, 0.1) is 4.92 Å². The standard InChI is InChI=1S/C12H14NO6P/c1-9(14)12(20(17,18-2)19-3)8-10-5-4-6-11(7-10)13(15)16/h4-8H,1-3H3/b12-8-. The molecule has 0 atom stereocenters. The highest BCUT2D eigenvalue weighted by Crippen LogP contribution is 2.55. The summed E-state index contributed by atoms with van der Waals surface area (Å²) in [5.41, 5.74) is 0.227. The molecule has 7 nitrogen and oxygen atoms in total. The number of rotatable bonds is 6. The van der Waals surface area contributed by atoms with E-state index in [0.29, 0.717) is 5.56 Å². The van der Waals surface area contributed by atoms with Crippen molar-refractivity contribution in [2.24, 2.45) is 0 Å². The molecule has 0 heterocycles. The predicted octanol–water partition coefficient (Wildman–Crippen LogP) is 3.01. The molecule has 0 N–H and O–H groups in total. The monoisotopic (exact) mass is 299 g/mol. The zero-order chi connectivity index (χ0) is 15.3. The van der Waals surface area contributed by atoms with Gasteiger partial charge in [0.1, 0.15) is 5.31 Å². The van der Waals surface area contributed by atoms with Crippen molar-refractivity contribution < 1.29 is 23.3 Å². The topological polar surface area (TPSA) is 95.7 Å². The molecular weight excluding hydrogens is 285 g/mol. The summed E-state index contributed by atoms with van der Waals surface area (Å²) < 4.78 is 21.8. The van der Waals surface area contributed by atoms with Crippen molar-refractivity contribution in [3.05, 3.63) is 45.3 Å². The average molecular weight is 299 g/mol. The Kier molecular flexibility index (Phi) is 5.33. The first-order chi connectivity index (χ1) is 9.34. The van der Waals surface area contributed by atoms with E-state index in [1.807, 2.05) is 0 Å². The van der Waals surface area contributed by atoms with Gasteiger partial charge in [0.25, 0.3) is 5.69 Å². The van der Waals surface area contributed by atoms with Gasteiger partial charge in [0, 0.05) is 26.4 Å². The second-order valence-corrected chi connectivity index (χ2v) is 6.01. The molecule has 20 heavy (non-hydrogen) atoms. The second-order valence-electron chi connectivity index (χ2n) is 3.80. The van der Waals surface area contributed by atoms with E-state index in [9.17, 15) is 19.5 Å². The third-order valence-electron chi connectivity index (χ3n) is 2.52. The fraction of sp³-hybridized carbons (Fsp3) is 0.250. The van der Waals surface area contributed by atoms with Crippen LogP contribution in [0.4, 0.5) is 5.69 Å². The molecule has 1 aromatic carbocycles. The van der Waals surface area contributed by atoms with Crippen LogP contribution in [0.15, 0.2) is 29.6 Å². The summed E-state index contributed by atoms with van der Waals surface area (Å²) in [6.45, 7) is 1.22. The normalized spacial score (nSPS) is 12.2. The van der Waals surface area contributed by atoms with Gasteiger partial charge in [-0.15, -0.1) is 0 Å². The number of benzene rings is 1. The van der Waals surface area contributed by atoms with Crippen molar-refractivity contribution in [2.75, 3.05) is 14.2 Å². The lowest BCUT2D eigenvalue weighted by Crippen LogP contribution is -2.01. The number of Topliss-reactive ketones (excluding diaryl/α,β-unsaturated/α-hetero) is 1. The molecule has 0 bridgehead atoms. The van der Waals surface area contributed by atoms with E-state index in [1.165, 1.54) is 31.2 Å². The van der Waals surface area contributed by atoms with Crippen molar-refractivity contribution in [2.45, 2.75) is 6.92 Å². The first-order valence-corrected chi connectivity index (χ1v) is 7.07. The van der Waals surface area contributed by atoms with Gasteiger partial charge in [-0.2, -0.15) is 0 Å². The Labute approximate surface area is 115 Å². The Bertz CT molecular complexity index is 602. The molecule has 0 saturated carbocycles. The number of nitro benzene ring substituents is 1. The van der Waals surface area contributed by atoms with Crippen LogP contribution in [0, 0.1) is 10.1 Å². The van der Waals surface area contributed by atoms with Crippen molar-refractivity contribution in [1.29, 1.82) is 0 Å². The summed E-state index contributed by atoms with van der Waals surface area (Å²) in [4.78, 5) is 21.7. The summed E-state index contributed by atoms with van der Waals surface area (Å²) in [5.74, 6) is -0.497. The predicted molar refractivity (Wildman–Crippen MR) is 73.4 cm³/mol. The van der Waals surface area contributed by atoms with Crippen LogP contribution in [0.1, 0.15) is 12.5 Å². The van der Waals surface area contributed by atoms with E-state index in [1.54, 1.807) is 6.07 Å². The lowest BCUT2D eigenvalue weighted by Gasteiger charge is -2.15. The Balaban J connectivity index is 3.35. The number of nitrogens with zero attached hydrogens (tertiary/aromatic N) is 1. The molecule has 0 radical (unpaired) electrons. The van der Waals surface area contributed by atoms with E-state index in [4.69, 9.17) is 9.05 Å². The lowest BCUT2D eigenvalue weighted by atomic mass is 10.2. The number of allylic oxidation sites excluding steroid dienone is 1. The summed E-state index contributed by atoms with van der Waals surface area (Å²) in [6.07, 6.45) is 1.27. The van der Waals surface area contributed by atoms with Crippen LogP contribution in [0.2, 0.25) is 0 Å². The van der Waals surface area contributed by atoms with Gasteiger partial charge in [-0.3, -0.25) is 19.5 Å². The maximum absolute atomic E-state index is 12.2. The molecule has 0 aliphatic heterocycles. The number of carbonyl (C=O) groups is 1. The highest BCUT2D eigenvalue weighted by atomic mass is 31.2. The van der Waals surface area contributed by atoms with Gasteiger partial charge in [0.2, 0.25) is 0 Å². The molecule has 0 spiro atoms. The van der Waals surface area contributed by atoms with Crippen LogP contribution >= 0.6 is 7.60 Å². The minimum atomic E-state index is -3.71. The zero-order valence-corrected chi connectivity index (χ0v) is 12.1. The van der Waals surface area contributed by atoms with Crippen molar-refractivity contribution in [3.63, 3.8) is 0 Å². The fourth-order valence-electron chi connectivity index (χ4n) is 1.53. The quantitative estimate of drug-likeness (QED) is 0.347. The minimum Gasteiger partial charge on any atom is -0.308 e. The Morgan fingerprint density at radius 2 is 1.95 bits per heavy atom.